The summed E-state index contributed by atoms with van der Waals surface area (Å²) in [6.07, 6.45) is 1.84. The molecule has 2 unspecified atom stereocenters. The van der Waals surface area contributed by atoms with Gasteiger partial charge in [0.05, 0.1) is 5.92 Å². The highest BCUT2D eigenvalue weighted by Gasteiger charge is 2.34. The van der Waals surface area contributed by atoms with Crippen LogP contribution < -0.4 is 0 Å². The van der Waals surface area contributed by atoms with Gasteiger partial charge in [-0.3, -0.25) is 9.59 Å². The van der Waals surface area contributed by atoms with Crippen LogP contribution in [0.2, 0.25) is 0 Å². The van der Waals surface area contributed by atoms with Crippen molar-refractivity contribution in [3.63, 3.8) is 0 Å². The first-order chi connectivity index (χ1) is 11.5. The van der Waals surface area contributed by atoms with Crippen molar-refractivity contribution in [2.24, 2.45) is 11.8 Å². The lowest BCUT2D eigenvalue weighted by Crippen LogP contribution is -2.45. The van der Waals surface area contributed by atoms with Crippen LogP contribution in [0.3, 0.4) is 0 Å². The Kier molecular flexibility index (Phi) is 4.38. The van der Waals surface area contributed by atoms with Crippen LogP contribution in [0.5, 0.6) is 0 Å². The number of carbonyl (C=O) groups excluding carboxylic acids is 1. The second-order valence-corrected chi connectivity index (χ2v) is 6.48. The third-order valence-corrected chi connectivity index (χ3v) is 4.38. The van der Waals surface area contributed by atoms with Gasteiger partial charge in [-0.2, -0.15) is 0 Å². The van der Waals surface area contributed by atoms with E-state index in [9.17, 15) is 14.7 Å². The summed E-state index contributed by atoms with van der Waals surface area (Å²) < 4.78 is 5.43. The molecule has 0 radical (unpaired) electrons. The van der Waals surface area contributed by atoms with Gasteiger partial charge in [-0.05, 0) is 19.3 Å². The monoisotopic (exact) mass is 328 g/mol. The lowest BCUT2D eigenvalue weighted by Gasteiger charge is -2.34. The predicted octanol–water partition coefficient (Wildman–Crippen LogP) is 2.83. The van der Waals surface area contributed by atoms with Gasteiger partial charge in [0, 0.05) is 18.7 Å². The number of nitrogens with zero attached hydrogens (tertiary/aromatic N) is 2. The molecular formula is C18H20N2O4. The number of carbonyl (C=O) groups is 2. The molecule has 2 atom stereocenters. The molecule has 0 bridgehead atoms. The molecule has 1 aromatic heterocycles. The number of hydrogen-bond acceptors (Lipinski definition) is 4. The van der Waals surface area contributed by atoms with Gasteiger partial charge >= 0.3 is 5.97 Å². The molecule has 24 heavy (non-hydrogen) atoms. The van der Waals surface area contributed by atoms with E-state index >= 15 is 0 Å². The van der Waals surface area contributed by atoms with E-state index in [1.807, 2.05) is 38.1 Å². The van der Waals surface area contributed by atoms with E-state index in [1.54, 1.807) is 4.90 Å². The third-order valence-electron chi connectivity index (χ3n) is 4.38. The number of oxazole rings is 1. The fourth-order valence-electron chi connectivity index (χ4n) is 3.15. The van der Waals surface area contributed by atoms with Crippen LogP contribution in [0.4, 0.5) is 0 Å². The maximum Gasteiger partial charge on any atom is 0.308 e. The molecule has 1 amide bonds. The Balaban J connectivity index is 1.87. The summed E-state index contributed by atoms with van der Waals surface area (Å²) in [4.78, 5) is 29.8. The predicted molar refractivity (Wildman–Crippen MR) is 87.5 cm³/mol. The minimum absolute atomic E-state index is 0.138. The van der Waals surface area contributed by atoms with E-state index in [-0.39, 0.29) is 24.1 Å². The van der Waals surface area contributed by atoms with Gasteiger partial charge in [-0.25, -0.2) is 4.98 Å². The maximum atomic E-state index is 12.8. The summed E-state index contributed by atoms with van der Waals surface area (Å²) in [5.74, 6) is -1.12. The maximum absolute atomic E-state index is 12.8. The number of aryl methyl sites for hydroxylation is 1. The average molecular weight is 328 g/mol. The molecule has 1 aliphatic heterocycles. The quantitative estimate of drug-likeness (QED) is 0.936. The fourth-order valence-corrected chi connectivity index (χ4v) is 3.15. The van der Waals surface area contributed by atoms with Crippen LogP contribution in [-0.2, 0) is 4.79 Å². The standard InChI is InChI=1S/C18H20N2O4/c1-11-3-5-13(6-4-11)16-15(19-10-24-16)17(21)20-8-12(2)7-14(9-20)18(22)23/h3-6,10,12,14H,7-9H2,1-2H3,(H,22,23). The Morgan fingerprint density at radius 1 is 1.25 bits per heavy atom. The van der Waals surface area contributed by atoms with Crippen molar-refractivity contribution in [3.8, 4) is 11.3 Å². The molecule has 6 heteroatoms. The number of carboxylic acids is 1. The summed E-state index contributed by atoms with van der Waals surface area (Å²) in [6, 6.07) is 7.64. The van der Waals surface area contributed by atoms with Gasteiger partial charge in [0.2, 0.25) is 0 Å². The van der Waals surface area contributed by atoms with Crippen LogP contribution in [0.1, 0.15) is 29.4 Å². The molecule has 0 spiro atoms. The van der Waals surface area contributed by atoms with Gasteiger partial charge < -0.3 is 14.4 Å². The van der Waals surface area contributed by atoms with Crippen molar-refractivity contribution in [3.05, 3.63) is 41.9 Å². The molecule has 2 heterocycles. The number of aromatic nitrogens is 1. The molecular weight excluding hydrogens is 308 g/mol. The second-order valence-electron chi connectivity index (χ2n) is 6.48. The van der Waals surface area contributed by atoms with E-state index in [2.05, 4.69) is 4.98 Å². The smallest absolute Gasteiger partial charge is 0.308 e. The van der Waals surface area contributed by atoms with Crippen molar-refractivity contribution in [2.75, 3.05) is 13.1 Å². The van der Waals surface area contributed by atoms with Crippen molar-refractivity contribution < 1.29 is 19.1 Å². The number of aliphatic carboxylic acids is 1. The van der Waals surface area contributed by atoms with Gasteiger partial charge in [-0.1, -0.05) is 36.8 Å². The molecule has 1 saturated heterocycles. The van der Waals surface area contributed by atoms with Crippen molar-refractivity contribution in [1.82, 2.24) is 9.88 Å². The van der Waals surface area contributed by atoms with Gasteiger partial charge in [0.25, 0.3) is 5.91 Å². The highest BCUT2D eigenvalue weighted by Crippen LogP contribution is 2.27. The van der Waals surface area contributed by atoms with Crippen LogP contribution in [0.25, 0.3) is 11.3 Å². The molecule has 1 aromatic carbocycles. The zero-order chi connectivity index (χ0) is 17.3. The van der Waals surface area contributed by atoms with E-state index in [4.69, 9.17) is 4.42 Å². The summed E-state index contributed by atoms with van der Waals surface area (Å²) in [6.45, 7) is 4.68. The van der Waals surface area contributed by atoms with Gasteiger partial charge in [0.1, 0.15) is 0 Å². The highest BCUT2D eigenvalue weighted by molar-refractivity contribution is 5.98. The van der Waals surface area contributed by atoms with Crippen LogP contribution in [-0.4, -0.2) is 40.0 Å². The zero-order valence-electron chi connectivity index (χ0n) is 13.7. The molecule has 0 saturated carbocycles. The molecule has 2 aromatic rings. The molecule has 3 rings (SSSR count). The Hall–Kier alpha value is -2.63. The average Bonchev–Trinajstić information content (AvgIpc) is 3.03. The first kappa shape index (κ1) is 16.2. The van der Waals surface area contributed by atoms with Crippen LogP contribution in [0.15, 0.2) is 35.1 Å². The third kappa shape index (κ3) is 3.18. The number of hydrogen-bond donors (Lipinski definition) is 1. The van der Waals surface area contributed by atoms with Crippen LogP contribution >= 0.6 is 0 Å². The van der Waals surface area contributed by atoms with E-state index in [0.29, 0.717) is 18.7 Å². The normalized spacial score (nSPS) is 20.8. The molecule has 1 fully saturated rings. The van der Waals surface area contributed by atoms with E-state index < -0.39 is 11.9 Å². The number of piperidine rings is 1. The number of likely N-dealkylation sites (tertiary alicyclic amines) is 1. The van der Waals surface area contributed by atoms with Gasteiger partial charge in [-0.15, -0.1) is 0 Å². The molecule has 126 valence electrons. The first-order valence-corrected chi connectivity index (χ1v) is 7.98. The Labute approximate surface area is 140 Å². The number of amides is 1. The Bertz CT molecular complexity index is 751. The Morgan fingerprint density at radius 2 is 1.96 bits per heavy atom. The minimum atomic E-state index is -0.863. The highest BCUT2D eigenvalue weighted by atomic mass is 16.4. The molecule has 6 nitrogen and oxygen atoms in total. The van der Waals surface area contributed by atoms with Crippen molar-refractivity contribution in [1.29, 1.82) is 0 Å². The number of carboxylic acid groups (broad SMARTS) is 1. The second kappa shape index (κ2) is 6.47. The van der Waals surface area contributed by atoms with Crippen LogP contribution in [0, 0.1) is 18.8 Å². The zero-order valence-corrected chi connectivity index (χ0v) is 13.7. The van der Waals surface area contributed by atoms with E-state index in [0.717, 1.165) is 11.1 Å². The fraction of sp³-hybridized carbons (Fsp3) is 0.389. The lowest BCUT2D eigenvalue weighted by molar-refractivity contribution is -0.143. The molecule has 1 aliphatic rings. The number of benzene rings is 1. The minimum Gasteiger partial charge on any atom is -0.481 e. The summed E-state index contributed by atoms with van der Waals surface area (Å²) in [5.41, 5.74) is 2.12. The largest absolute Gasteiger partial charge is 0.481 e. The van der Waals surface area contributed by atoms with E-state index in [1.165, 1.54) is 6.39 Å². The first-order valence-electron chi connectivity index (χ1n) is 7.98. The topological polar surface area (TPSA) is 83.6 Å². The molecule has 0 aliphatic carbocycles. The summed E-state index contributed by atoms with van der Waals surface area (Å²) in [7, 11) is 0. The summed E-state index contributed by atoms with van der Waals surface area (Å²) in [5, 5.41) is 9.27. The van der Waals surface area contributed by atoms with Crippen molar-refractivity contribution >= 4 is 11.9 Å². The van der Waals surface area contributed by atoms with Gasteiger partial charge in [0.15, 0.2) is 17.8 Å². The number of rotatable bonds is 3. The molecule has 1 N–H and O–H groups in total. The lowest BCUT2D eigenvalue weighted by atomic mass is 9.90. The Morgan fingerprint density at radius 3 is 2.62 bits per heavy atom. The summed E-state index contributed by atoms with van der Waals surface area (Å²) >= 11 is 0. The SMILES string of the molecule is Cc1ccc(-c2ocnc2C(=O)N2CC(C)CC(C(=O)O)C2)cc1. The van der Waals surface area contributed by atoms with Crippen molar-refractivity contribution in [2.45, 2.75) is 20.3 Å².